The number of carbonyl (C=O) groups excluding carboxylic acids is 1. The molecule has 0 aliphatic rings. The van der Waals surface area contributed by atoms with Gasteiger partial charge in [0.1, 0.15) is 11.5 Å². The zero-order valence-electron chi connectivity index (χ0n) is 10.5. The van der Waals surface area contributed by atoms with Gasteiger partial charge in [0.15, 0.2) is 0 Å². The Morgan fingerprint density at radius 2 is 2.11 bits per heavy atom. The molecule has 0 aliphatic heterocycles. The number of benzene rings is 1. The maximum absolute atomic E-state index is 13.4. The number of aromatic nitrogens is 1. The minimum Gasteiger partial charge on any atom is -0.381 e. The topological polar surface area (TPSA) is 54.0 Å². The van der Waals surface area contributed by atoms with E-state index in [0.717, 1.165) is 5.69 Å². The minimum absolute atomic E-state index is 0.254. The zero-order valence-corrected chi connectivity index (χ0v) is 10.5. The van der Waals surface area contributed by atoms with Crippen LogP contribution in [0.1, 0.15) is 16.1 Å². The lowest BCUT2D eigenvalue weighted by Crippen LogP contribution is -2.19. The summed E-state index contributed by atoms with van der Waals surface area (Å²) in [5.74, 6) is -0.509. The van der Waals surface area contributed by atoms with Crippen molar-refractivity contribution in [2.24, 2.45) is 0 Å². The van der Waals surface area contributed by atoms with Crippen LogP contribution in [0, 0.1) is 5.82 Å². The summed E-state index contributed by atoms with van der Waals surface area (Å²) in [6, 6.07) is 9.91. The fraction of sp³-hybridized carbons (Fsp3) is 0.143. The van der Waals surface area contributed by atoms with Crippen LogP contribution in [-0.4, -0.2) is 17.9 Å². The number of anilines is 1. The fourth-order valence-electron chi connectivity index (χ4n) is 1.63. The first kappa shape index (κ1) is 13.0. The van der Waals surface area contributed by atoms with Gasteiger partial charge in [-0.05, 0) is 18.2 Å². The number of halogens is 1. The van der Waals surface area contributed by atoms with E-state index in [1.165, 1.54) is 12.3 Å². The monoisotopic (exact) mass is 259 g/mol. The lowest BCUT2D eigenvalue weighted by atomic mass is 10.2. The molecule has 0 atom stereocenters. The Labute approximate surface area is 110 Å². The van der Waals surface area contributed by atoms with Gasteiger partial charge < -0.3 is 10.6 Å². The molecular weight excluding hydrogens is 245 g/mol. The van der Waals surface area contributed by atoms with Crippen molar-refractivity contribution in [1.82, 2.24) is 10.3 Å². The van der Waals surface area contributed by atoms with E-state index in [1.54, 1.807) is 37.4 Å². The van der Waals surface area contributed by atoms with Gasteiger partial charge in [-0.2, -0.15) is 0 Å². The molecule has 1 aromatic carbocycles. The Morgan fingerprint density at radius 1 is 1.32 bits per heavy atom. The van der Waals surface area contributed by atoms with Crippen molar-refractivity contribution in [3.8, 4) is 0 Å². The van der Waals surface area contributed by atoms with Gasteiger partial charge in [-0.1, -0.05) is 18.2 Å². The summed E-state index contributed by atoms with van der Waals surface area (Å²) in [6.45, 7) is 0.351. The normalized spacial score (nSPS) is 10.0. The Bertz CT molecular complexity index is 586. The molecule has 1 aromatic heterocycles. The van der Waals surface area contributed by atoms with E-state index >= 15 is 0 Å². The predicted molar refractivity (Wildman–Crippen MR) is 71.4 cm³/mol. The molecule has 0 aliphatic carbocycles. The molecule has 2 rings (SSSR count). The number of nitrogens with zero attached hydrogens (tertiary/aromatic N) is 1. The van der Waals surface area contributed by atoms with E-state index in [9.17, 15) is 9.18 Å². The highest BCUT2D eigenvalue weighted by molar-refractivity contribution is 5.92. The van der Waals surface area contributed by atoms with Gasteiger partial charge in [-0.15, -0.1) is 0 Å². The number of carbonyl (C=O) groups is 1. The van der Waals surface area contributed by atoms with Gasteiger partial charge in [-0.3, -0.25) is 9.78 Å². The molecule has 0 unspecified atom stereocenters. The first-order valence-electron chi connectivity index (χ1n) is 5.86. The number of amides is 1. The molecule has 1 heterocycles. The molecule has 4 nitrogen and oxygen atoms in total. The van der Waals surface area contributed by atoms with E-state index in [2.05, 4.69) is 15.6 Å². The van der Waals surface area contributed by atoms with Crippen molar-refractivity contribution in [1.29, 1.82) is 0 Å². The standard InChI is InChI=1S/C14H14FN3O/c1-16-14(19)13-8-11(6-7-17-13)18-9-10-4-2-3-5-12(10)15/h2-8H,9H2,1H3,(H,16,19)(H,17,18). The van der Waals surface area contributed by atoms with Crippen LogP contribution in [0.3, 0.4) is 0 Å². The van der Waals surface area contributed by atoms with Gasteiger partial charge >= 0.3 is 0 Å². The maximum atomic E-state index is 13.4. The van der Waals surface area contributed by atoms with Crippen LogP contribution in [0.25, 0.3) is 0 Å². The highest BCUT2D eigenvalue weighted by Gasteiger charge is 2.06. The lowest BCUT2D eigenvalue weighted by Gasteiger charge is -2.08. The molecule has 0 fully saturated rings. The van der Waals surface area contributed by atoms with Crippen LogP contribution in [-0.2, 0) is 6.54 Å². The summed E-state index contributed by atoms with van der Waals surface area (Å²) in [7, 11) is 1.55. The third-order valence-electron chi connectivity index (χ3n) is 2.66. The second-order valence-electron chi connectivity index (χ2n) is 3.95. The van der Waals surface area contributed by atoms with Crippen molar-refractivity contribution in [2.45, 2.75) is 6.54 Å². The van der Waals surface area contributed by atoms with Crippen molar-refractivity contribution in [2.75, 3.05) is 12.4 Å². The predicted octanol–water partition coefficient (Wildman–Crippen LogP) is 2.19. The Morgan fingerprint density at radius 3 is 2.84 bits per heavy atom. The number of hydrogen-bond donors (Lipinski definition) is 2. The van der Waals surface area contributed by atoms with Crippen molar-refractivity contribution in [3.63, 3.8) is 0 Å². The average molecular weight is 259 g/mol. The number of hydrogen-bond acceptors (Lipinski definition) is 3. The van der Waals surface area contributed by atoms with Crippen LogP contribution in [0.4, 0.5) is 10.1 Å². The molecule has 1 amide bonds. The highest BCUT2D eigenvalue weighted by atomic mass is 19.1. The molecule has 2 aromatic rings. The van der Waals surface area contributed by atoms with Crippen LogP contribution in [0.5, 0.6) is 0 Å². The molecule has 0 radical (unpaired) electrons. The van der Waals surface area contributed by atoms with Crippen LogP contribution in [0.2, 0.25) is 0 Å². The van der Waals surface area contributed by atoms with E-state index in [1.807, 2.05) is 0 Å². The van der Waals surface area contributed by atoms with Crippen molar-refractivity contribution in [3.05, 3.63) is 59.7 Å². The minimum atomic E-state index is -0.255. The van der Waals surface area contributed by atoms with Crippen molar-refractivity contribution < 1.29 is 9.18 Å². The molecule has 0 saturated carbocycles. The lowest BCUT2D eigenvalue weighted by molar-refractivity contribution is 0.0958. The second kappa shape index (κ2) is 5.95. The summed E-state index contributed by atoms with van der Waals surface area (Å²) in [4.78, 5) is 15.4. The number of rotatable bonds is 4. The summed E-state index contributed by atoms with van der Waals surface area (Å²) < 4.78 is 13.4. The highest BCUT2D eigenvalue weighted by Crippen LogP contribution is 2.12. The van der Waals surface area contributed by atoms with Gasteiger partial charge in [-0.25, -0.2) is 4.39 Å². The van der Waals surface area contributed by atoms with E-state index < -0.39 is 0 Å². The Balaban J connectivity index is 2.08. The third-order valence-corrected chi connectivity index (χ3v) is 2.66. The third kappa shape index (κ3) is 3.28. The van der Waals surface area contributed by atoms with Crippen LogP contribution >= 0.6 is 0 Å². The van der Waals surface area contributed by atoms with Crippen LogP contribution in [0.15, 0.2) is 42.6 Å². The molecule has 98 valence electrons. The van der Waals surface area contributed by atoms with Gasteiger partial charge in [0.2, 0.25) is 0 Å². The van der Waals surface area contributed by atoms with E-state index in [4.69, 9.17) is 0 Å². The molecule has 0 spiro atoms. The van der Waals surface area contributed by atoms with Crippen LogP contribution < -0.4 is 10.6 Å². The first-order chi connectivity index (χ1) is 9.20. The first-order valence-corrected chi connectivity index (χ1v) is 5.86. The number of pyridine rings is 1. The molecule has 2 N–H and O–H groups in total. The Kier molecular flexibility index (Phi) is 4.07. The number of nitrogens with one attached hydrogen (secondary N) is 2. The van der Waals surface area contributed by atoms with Gasteiger partial charge in [0.25, 0.3) is 5.91 Å². The molecule has 19 heavy (non-hydrogen) atoms. The van der Waals surface area contributed by atoms with Crippen molar-refractivity contribution >= 4 is 11.6 Å². The van der Waals surface area contributed by atoms with E-state index in [-0.39, 0.29) is 11.7 Å². The fourth-order valence-corrected chi connectivity index (χ4v) is 1.63. The maximum Gasteiger partial charge on any atom is 0.269 e. The SMILES string of the molecule is CNC(=O)c1cc(NCc2ccccc2F)ccn1. The van der Waals surface area contributed by atoms with Gasteiger partial charge in [0.05, 0.1) is 0 Å². The average Bonchev–Trinajstić information content (AvgIpc) is 2.46. The van der Waals surface area contributed by atoms with E-state index in [0.29, 0.717) is 17.8 Å². The smallest absolute Gasteiger partial charge is 0.269 e. The summed E-state index contributed by atoms with van der Waals surface area (Å²) in [6.07, 6.45) is 1.54. The largest absolute Gasteiger partial charge is 0.381 e. The zero-order chi connectivity index (χ0) is 13.7. The van der Waals surface area contributed by atoms with Gasteiger partial charge in [0, 0.05) is 31.0 Å². The molecular formula is C14H14FN3O. The summed E-state index contributed by atoms with van der Waals surface area (Å²) >= 11 is 0. The molecule has 0 bridgehead atoms. The quantitative estimate of drug-likeness (QED) is 0.885. The second-order valence-corrected chi connectivity index (χ2v) is 3.95. The Hall–Kier alpha value is -2.43. The summed E-state index contributed by atoms with van der Waals surface area (Å²) in [5, 5.41) is 5.56. The molecule has 0 saturated heterocycles. The molecule has 5 heteroatoms. The summed E-state index contributed by atoms with van der Waals surface area (Å²) in [5.41, 5.74) is 1.61.